The molecule has 26 heavy (non-hydrogen) atoms. The minimum atomic E-state index is 0.0403. The Morgan fingerprint density at radius 2 is 1.77 bits per heavy atom. The van der Waals surface area contributed by atoms with Crippen LogP contribution >= 0.6 is 11.8 Å². The van der Waals surface area contributed by atoms with Crippen LogP contribution in [-0.4, -0.2) is 43.6 Å². The zero-order valence-corrected chi connectivity index (χ0v) is 15.8. The van der Waals surface area contributed by atoms with Crippen LogP contribution in [0.4, 0.5) is 0 Å². The standard InChI is InChI=1S/C21H24N2O2S/c1-25-18-4-8-20(9-5-18)26-19-6-2-16(3-7-19)21(24)22-17-12-15-10-11-23(13-15)14-17/h2-9,15,17H,10-14H2,1H3,(H,22,24). The molecule has 0 aromatic heterocycles. The molecule has 1 N–H and O–H groups in total. The third-order valence-corrected chi connectivity index (χ3v) is 6.23. The number of hydrogen-bond acceptors (Lipinski definition) is 4. The van der Waals surface area contributed by atoms with Crippen LogP contribution in [0.1, 0.15) is 23.2 Å². The fraction of sp³-hybridized carbons (Fsp3) is 0.381. The lowest BCUT2D eigenvalue weighted by molar-refractivity contribution is 0.0909. The van der Waals surface area contributed by atoms with Crippen molar-refractivity contribution in [2.24, 2.45) is 5.92 Å². The normalized spacial score (nSPS) is 24.3. The number of amides is 1. The van der Waals surface area contributed by atoms with E-state index in [9.17, 15) is 4.79 Å². The molecular formula is C21H24N2O2S. The van der Waals surface area contributed by atoms with Crippen molar-refractivity contribution in [2.75, 3.05) is 26.7 Å². The van der Waals surface area contributed by atoms with Crippen LogP contribution in [0.5, 0.6) is 5.75 Å². The Morgan fingerprint density at radius 3 is 2.42 bits per heavy atom. The fourth-order valence-corrected chi connectivity index (χ4v) is 4.70. The van der Waals surface area contributed by atoms with Gasteiger partial charge in [0.15, 0.2) is 0 Å². The Kier molecular flexibility index (Phi) is 5.18. The monoisotopic (exact) mass is 368 g/mol. The number of carbonyl (C=O) groups is 1. The number of rotatable bonds is 5. The summed E-state index contributed by atoms with van der Waals surface area (Å²) in [6.07, 6.45) is 2.40. The molecule has 4 rings (SSSR count). The number of ether oxygens (including phenoxy) is 1. The highest BCUT2D eigenvalue weighted by Crippen LogP contribution is 2.29. The van der Waals surface area contributed by atoms with E-state index in [1.165, 1.54) is 19.5 Å². The maximum atomic E-state index is 12.5. The molecule has 0 saturated carbocycles. The number of hydrogen-bond donors (Lipinski definition) is 1. The Hall–Kier alpha value is -1.98. The molecular weight excluding hydrogens is 344 g/mol. The highest BCUT2D eigenvalue weighted by Gasteiger charge is 2.32. The van der Waals surface area contributed by atoms with Gasteiger partial charge in [-0.3, -0.25) is 4.79 Å². The first-order chi connectivity index (χ1) is 12.7. The zero-order chi connectivity index (χ0) is 17.9. The molecule has 5 heteroatoms. The van der Waals surface area contributed by atoms with Crippen LogP contribution in [0, 0.1) is 5.92 Å². The van der Waals surface area contributed by atoms with Crippen molar-refractivity contribution in [2.45, 2.75) is 28.7 Å². The summed E-state index contributed by atoms with van der Waals surface area (Å²) in [4.78, 5) is 17.3. The Balaban J connectivity index is 1.35. The molecule has 2 fully saturated rings. The highest BCUT2D eigenvalue weighted by atomic mass is 32.2. The van der Waals surface area contributed by atoms with Crippen molar-refractivity contribution in [3.63, 3.8) is 0 Å². The van der Waals surface area contributed by atoms with Crippen LogP contribution in [-0.2, 0) is 0 Å². The van der Waals surface area contributed by atoms with Gasteiger partial charge in [-0.05, 0) is 73.8 Å². The van der Waals surface area contributed by atoms with Crippen molar-refractivity contribution in [3.8, 4) is 5.75 Å². The molecule has 1 amide bonds. The quantitative estimate of drug-likeness (QED) is 0.874. The average Bonchev–Trinajstić information content (AvgIpc) is 3.01. The van der Waals surface area contributed by atoms with Gasteiger partial charge in [0.25, 0.3) is 5.91 Å². The summed E-state index contributed by atoms with van der Waals surface area (Å²) in [5.74, 6) is 1.66. The minimum Gasteiger partial charge on any atom is -0.497 e. The van der Waals surface area contributed by atoms with E-state index in [1.807, 2.05) is 48.5 Å². The molecule has 3 atom stereocenters. The topological polar surface area (TPSA) is 41.6 Å². The summed E-state index contributed by atoms with van der Waals surface area (Å²) in [6.45, 7) is 3.39. The largest absolute Gasteiger partial charge is 0.497 e. The lowest BCUT2D eigenvalue weighted by atomic mass is 9.96. The van der Waals surface area contributed by atoms with E-state index < -0.39 is 0 Å². The zero-order valence-electron chi connectivity index (χ0n) is 15.0. The number of carbonyl (C=O) groups excluding carboxylic acids is 1. The van der Waals surface area contributed by atoms with E-state index in [-0.39, 0.29) is 11.9 Å². The molecule has 2 aliphatic heterocycles. The summed E-state index contributed by atoms with van der Waals surface area (Å²) >= 11 is 1.68. The van der Waals surface area contributed by atoms with Crippen LogP contribution in [0.25, 0.3) is 0 Å². The number of piperidine rings is 1. The predicted molar refractivity (Wildman–Crippen MR) is 104 cm³/mol. The SMILES string of the molecule is COc1ccc(Sc2ccc(C(=O)NC3CC4CCN(C4)C3)cc2)cc1. The summed E-state index contributed by atoms with van der Waals surface area (Å²) in [6, 6.07) is 16.1. The first-order valence-electron chi connectivity index (χ1n) is 9.15. The van der Waals surface area contributed by atoms with Crippen molar-refractivity contribution in [3.05, 3.63) is 54.1 Å². The summed E-state index contributed by atoms with van der Waals surface area (Å²) in [7, 11) is 1.67. The maximum Gasteiger partial charge on any atom is 0.251 e. The van der Waals surface area contributed by atoms with Crippen molar-refractivity contribution < 1.29 is 9.53 Å². The molecule has 2 aliphatic rings. The van der Waals surface area contributed by atoms with Gasteiger partial charge in [-0.2, -0.15) is 0 Å². The van der Waals surface area contributed by atoms with E-state index in [2.05, 4.69) is 10.2 Å². The molecule has 4 nitrogen and oxygen atoms in total. The van der Waals surface area contributed by atoms with Crippen LogP contribution in [0.2, 0.25) is 0 Å². The Bertz CT molecular complexity index is 749. The van der Waals surface area contributed by atoms with Gasteiger partial charge >= 0.3 is 0 Å². The van der Waals surface area contributed by atoms with Gasteiger partial charge in [0.05, 0.1) is 7.11 Å². The van der Waals surface area contributed by atoms with Gasteiger partial charge in [0.1, 0.15) is 5.75 Å². The van der Waals surface area contributed by atoms with Crippen molar-refractivity contribution in [1.82, 2.24) is 10.2 Å². The van der Waals surface area contributed by atoms with Gasteiger partial charge in [-0.25, -0.2) is 0 Å². The lowest BCUT2D eigenvalue weighted by Gasteiger charge is -2.30. The number of fused-ring (bicyclic) bond motifs is 2. The first kappa shape index (κ1) is 17.4. The average molecular weight is 369 g/mol. The summed E-state index contributed by atoms with van der Waals surface area (Å²) in [5.41, 5.74) is 0.733. The third kappa shape index (κ3) is 4.05. The number of benzene rings is 2. The number of nitrogens with zero attached hydrogens (tertiary/aromatic N) is 1. The Morgan fingerprint density at radius 1 is 1.08 bits per heavy atom. The molecule has 0 spiro atoms. The molecule has 2 aromatic rings. The second kappa shape index (κ2) is 7.72. The van der Waals surface area contributed by atoms with Gasteiger partial charge < -0.3 is 15.0 Å². The number of nitrogens with one attached hydrogen (secondary N) is 1. The van der Waals surface area contributed by atoms with E-state index in [4.69, 9.17) is 4.74 Å². The third-order valence-electron chi connectivity index (χ3n) is 5.21. The highest BCUT2D eigenvalue weighted by molar-refractivity contribution is 7.99. The maximum absolute atomic E-state index is 12.5. The van der Waals surface area contributed by atoms with Crippen LogP contribution < -0.4 is 10.1 Å². The van der Waals surface area contributed by atoms with Crippen molar-refractivity contribution >= 4 is 17.7 Å². The smallest absolute Gasteiger partial charge is 0.251 e. The molecule has 2 bridgehead atoms. The van der Waals surface area contributed by atoms with Gasteiger partial charge in [0, 0.05) is 34.5 Å². The second-order valence-electron chi connectivity index (χ2n) is 7.12. The number of methoxy groups -OCH3 is 1. The lowest BCUT2D eigenvalue weighted by Crippen LogP contribution is -2.47. The van der Waals surface area contributed by atoms with E-state index in [0.29, 0.717) is 0 Å². The Labute approximate surface area is 158 Å². The first-order valence-corrected chi connectivity index (χ1v) is 9.96. The second-order valence-corrected chi connectivity index (χ2v) is 8.27. The van der Waals surface area contributed by atoms with E-state index in [0.717, 1.165) is 40.0 Å². The van der Waals surface area contributed by atoms with E-state index >= 15 is 0 Å². The molecule has 2 heterocycles. The fourth-order valence-electron chi connectivity index (χ4n) is 3.89. The molecule has 136 valence electrons. The van der Waals surface area contributed by atoms with Crippen molar-refractivity contribution in [1.29, 1.82) is 0 Å². The summed E-state index contributed by atoms with van der Waals surface area (Å²) < 4.78 is 5.18. The van der Waals surface area contributed by atoms with Gasteiger partial charge in [-0.1, -0.05) is 11.8 Å². The summed E-state index contributed by atoms with van der Waals surface area (Å²) in [5, 5.41) is 3.22. The molecule has 0 radical (unpaired) electrons. The van der Waals surface area contributed by atoms with Crippen LogP contribution in [0.3, 0.4) is 0 Å². The molecule has 0 aliphatic carbocycles. The molecule has 2 saturated heterocycles. The van der Waals surface area contributed by atoms with Gasteiger partial charge in [0.2, 0.25) is 0 Å². The van der Waals surface area contributed by atoms with Crippen LogP contribution in [0.15, 0.2) is 58.3 Å². The van der Waals surface area contributed by atoms with Gasteiger partial charge in [-0.15, -0.1) is 0 Å². The van der Waals surface area contributed by atoms with E-state index in [1.54, 1.807) is 18.9 Å². The predicted octanol–water partition coefficient (Wildman–Crippen LogP) is 3.67. The molecule has 2 aromatic carbocycles. The minimum absolute atomic E-state index is 0.0403. The molecule has 3 unspecified atom stereocenters.